The summed E-state index contributed by atoms with van der Waals surface area (Å²) in [6.07, 6.45) is 4.86. The topological polar surface area (TPSA) is 29.9 Å². The fourth-order valence-corrected chi connectivity index (χ4v) is 2.64. The average Bonchev–Trinajstić information content (AvgIpc) is 2.88. The van der Waals surface area contributed by atoms with E-state index in [0.29, 0.717) is 0 Å². The van der Waals surface area contributed by atoms with Crippen molar-refractivity contribution in [2.75, 3.05) is 0 Å². The van der Waals surface area contributed by atoms with E-state index < -0.39 is 0 Å². The van der Waals surface area contributed by atoms with Crippen molar-refractivity contribution < 1.29 is 0 Å². The largest absolute Gasteiger partial charge is 0.337 e. The van der Waals surface area contributed by atoms with Crippen LogP contribution in [-0.2, 0) is 26.6 Å². The molecular weight excluding hydrogens is 218 g/mol. The van der Waals surface area contributed by atoms with E-state index in [-0.39, 0.29) is 0 Å². The third-order valence-corrected chi connectivity index (χ3v) is 3.69. The first kappa shape index (κ1) is 11.4. The lowest BCUT2D eigenvalue weighted by Gasteiger charge is -2.05. The Morgan fingerprint density at radius 1 is 1.44 bits per heavy atom. The van der Waals surface area contributed by atoms with Gasteiger partial charge in [-0.1, -0.05) is 6.92 Å². The lowest BCUT2D eigenvalue weighted by molar-refractivity contribution is 0.658. The molecule has 0 aliphatic heterocycles. The van der Waals surface area contributed by atoms with Crippen LogP contribution in [0.15, 0.2) is 24.0 Å². The van der Waals surface area contributed by atoms with Crippen molar-refractivity contribution in [1.29, 1.82) is 0 Å². The second-order valence-electron chi connectivity index (χ2n) is 3.82. The van der Waals surface area contributed by atoms with Crippen molar-refractivity contribution in [2.45, 2.75) is 26.4 Å². The summed E-state index contributed by atoms with van der Waals surface area (Å²) in [6, 6.07) is 2.21. The first-order valence-electron chi connectivity index (χ1n) is 5.52. The van der Waals surface area contributed by atoms with Gasteiger partial charge < -0.3 is 9.88 Å². The molecule has 4 heteroatoms. The second-order valence-corrected chi connectivity index (χ2v) is 4.82. The van der Waals surface area contributed by atoms with Crippen LogP contribution in [0.3, 0.4) is 0 Å². The Labute approximate surface area is 100 Å². The molecule has 0 saturated carbocycles. The third-order valence-electron chi connectivity index (χ3n) is 2.73. The number of aryl methyl sites for hydroxylation is 2. The maximum atomic E-state index is 4.10. The van der Waals surface area contributed by atoms with E-state index in [4.69, 9.17) is 0 Å². The SMILES string of the molecule is CCc1ccsc1CNCc1cncn1C. The molecule has 16 heavy (non-hydrogen) atoms. The number of nitrogens with one attached hydrogen (secondary N) is 1. The predicted octanol–water partition coefficient (Wildman–Crippen LogP) is 2.33. The maximum Gasteiger partial charge on any atom is 0.0945 e. The van der Waals surface area contributed by atoms with Gasteiger partial charge in [0.25, 0.3) is 0 Å². The minimum atomic E-state index is 0.873. The van der Waals surface area contributed by atoms with Crippen LogP contribution in [0.2, 0.25) is 0 Å². The summed E-state index contributed by atoms with van der Waals surface area (Å²) in [6.45, 7) is 4.02. The predicted molar refractivity (Wildman–Crippen MR) is 67.4 cm³/mol. The molecule has 0 aliphatic carbocycles. The van der Waals surface area contributed by atoms with Gasteiger partial charge in [-0.15, -0.1) is 11.3 Å². The molecule has 0 atom stereocenters. The number of hydrogen-bond donors (Lipinski definition) is 1. The van der Waals surface area contributed by atoms with Gasteiger partial charge in [-0.3, -0.25) is 0 Å². The number of nitrogens with zero attached hydrogens (tertiary/aromatic N) is 2. The molecular formula is C12H17N3S. The Morgan fingerprint density at radius 2 is 2.31 bits per heavy atom. The molecule has 0 aromatic carbocycles. The quantitative estimate of drug-likeness (QED) is 0.862. The smallest absolute Gasteiger partial charge is 0.0945 e. The first-order valence-corrected chi connectivity index (χ1v) is 6.40. The zero-order valence-electron chi connectivity index (χ0n) is 9.73. The number of aromatic nitrogens is 2. The molecule has 2 heterocycles. The standard InChI is InChI=1S/C12H17N3S/c1-3-10-4-5-16-12(10)8-13-6-11-7-14-9-15(11)2/h4-5,7,9,13H,3,6,8H2,1-2H3. The van der Waals surface area contributed by atoms with Crippen LogP contribution in [0.4, 0.5) is 0 Å². The lowest BCUT2D eigenvalue weighted by Crippen LogP contribution is -2.14. The first-order chi connectivity index (χ1) is 7.81. The van der Waals surface area contributed by atoms with Gasteiger partial charge in [-0.05, 0) is 23.4 Å². The van der Waals surface area contributed by atoms with E-state index >= 15 is 0 Å². The molecule has 0 amide bonds. The van der Waals surface area contributed by atoms with Gasteiger partial charge in [-0.2, -0.15) is 0 Å². The van der Waals surface area contributed by atoms with Gasteiger partial charge in [0, 0.05) is 31.2 Å². The fraction of sp³-hybridized carbons (Fsp3) is 0.417. The molecule has 1 N–H and O–H groups in total. The second kappa shape index (κ2) is 5.27. The van der Waals surface area contributed by atoms with E-state index in [2.05, 4.69) is 28.7 Å². The fourth-order valence-electron chi connectivity index (χ4n) is 1.70. The summed E-state index contributed by atoms with van der Waals surface area (Å²) in [4.78, 5) is 5.55. The van der Waals surface area contributed by atoms with Crippen molar-refractivity contribution in [2.24, 2.45) is 7.05 Å². The highest BCUT2D eigenvalue weighted by atomic mass is 32.1. The van der Waals surface area contributed by atoms with Crippen LogP contribution in [0.5, 0.6) is 0 Å². The van der Waals surface area contributed by atoms with Crippen molar-refractivity contribution in [3.8, 4) is 0 Å². The molecule has 0 fully saturated rings. The molecule has 0 aliphatic rings. The van der Waals surface area contributed by atoms with Crippen LogP contribution in [0.25, 0.3) is 0 Å². The third kappa shape index (κ3) is 2.51. The molecule has 0 unspecified atom stereocenters. The van der Waals surface area contributed by atoms with Crippen molar-refractivity contribution >= 4 is 11.3 Å². The lowest BCUT2D eigenvalue weighted by atomic mass is 10.2. The molecule has 2 aromatic heterocycles. The van der Waals surface area contributed by atoms with Crippen LogP contribution in [0, 0.1) is 0 Å². The van der Waals surface area contributed by atoms with E-state index in [1.165, 1.54) is 16.1 Å². The molecule has 0 radical (unpaired) electrons. The molecule has 2 rings (SSSR count). The number of rotatable bonds is 5. The molecule has 0 saturated heterocycles. The Kier molecular flexibility index (Phi) is 3.74. The molecule has 0 spiro atoms. The number of thiophene rings is 1. The molecule has 3 nitrogen and oxygen atoms in total. The minimum Gasteiger partial charge on any atom is -0.337 e. The van der Waals surface area contributed by atoms with Crippen LogP contribution >= 0.6 is 11.3 Å². The summed E-state index contributed by atoms with van der Waals surface area (Å²) in [5.41, 5.74) is 2.68. The minimum absolute atomic E-state index is 0.873. The summed E-state index contributed by atoms with van der Waals surface area (Å²) >= 11 is 1.83. The van der Waals surface area contributed by atoms with Crippen LogP contribution < -0.4 is 5.32 Å². The van der Waals surface area contributed by atoms with E-state index in [9.17, 15) is 0 Å². The van der Waals surface area contributed by atoms with Gasteiger partial charge >= 0.3 is 0 Å². The highest BCUT2D eigenvalue weighted by molar-refractivity contribution is 7.10. The summed E-state index contributed by atoms with van der Waals surface area (Å²) in [5, 5.41) is 5.62. The van der Waals surface area contributed by atoms with Gasteiger partial charge in [0.05, 0.1) is 12.0 Å². The summed E-state index contributed by atoms with van der Waals surface area (Å²) in [7, 11) is 2.02. The van der Waals surface area contributed by atoms with Gasteiger partial charge in [0.1, 0.15) is 0 Å². The molecule has 0 bridgehead atoms. The summed E-state index contributed by atoms with van der Waals surface area (Å²) < 4.78 is 2.04. The Balaban J connectivity index is 1.87. The van der Waals surface area contributed by atoms with Crippen molar-refractivity contribution in [3.63, 3.8) is 0 Å². The molecule has 86 valence electrons. The van der Waals surface area contributed by atoms with Gasteiger partial charge in [0.2, 0.25) is 0 Å². The zero-order valence-corrected chi connectivity index (χ0v) is 10.5. The van der Waals surface area contributed by atoms with Gasteiger partial charge in [0.15, 0.2) is 0 Å². The Hall–Kier alpha value is -1.13. The average molecular weight is 235 g/mol. The Morgan fingerprint density at radius 3 is 3.00 bits per heavy atom. The maximum absolute atomic E-state index is 4.10. The highest BCUT2D eigenvalue weighted by Gasteiger charge is 2.02. The van der Waals surface area contributed by atoms with E-state index in [0.717, 1.165) is 19.5 Å². The highest BCUT2D eigenvalue weighted by Crippen LogP contribution is 2.16. The summed E-state index contributed by atoms with van der Waals surface area (Å²) in [5.74, 6) is 0. The Bertz CT molecular complexity index is 445. The van der Waals surface area contributed by atoms with Crippen LogP contribution in [-0.4, -0.2) is 9.55 Å². The van der Waals surface area contributed by atoms with E-state index in [1.54, 1.807) is 0 Å². The number of hydrogen-bond acceptors (Lipinski definition) is 3. The van der Waals surface area contributed by atoms with E-state index in [1.807, 2.05) is 35.5 Å². The van der Waals surface area contributed by atoms with Crippen molar-refractivity contribution in [3.05, 3.63) is 40.1 Å². The monoisotopic (exact) mass is 235 g/mol. The van der Waals surface area contributed by atoms with Gasteiger partial charge in [-0.25, -0.2) is 4.98 Å². The number of imidazole rings is 1. The zero-order chi connectivity index (χ0) is 11.4. The molecule has 2 aromatic rings. The van der Waals surface area contributed by atoms with Crippen LogP contribution in [0.1, 0.15) is 23.1 Å². The van der Waals surface area contributed by atoms with Crippen molar-refractivity contribution in [1.82, 2.24) is 14.9 Å². The normalized spacial score (nSPS) is 10.9.